The van der Waals surface area contributed by atoms with Crippen LogP contribution < -0.4 is 8.32 Å². The second-order valence-electron chi connectivity index (χ2n) is 0.408. The van der Waals surface area contributed by atoms with Crippen LogP contribution in [-0.4, -0.2) is 54.6 Å². The van der Waals surface area contributed by atoms with Gasteiger partial charge in [-0.05, 0) is 0 Å². The summed E-state index contributed by atoms with van der Waals surface area (Å²) < 4.78 is 34.4. The van der Waals surface area contributed by atoms with Gasteiger partial charge in [0, 0.05) is 0 Å². The normalized spacial score (nSPS) is 8.29. The summed E-state index contributed by atoms with van der Waals surface area (Å²) in [6, 6.07) is 0. The number of hydrogen-bond donors (Lipinski definition) is 0. The third kappa shape index (κ3) is 76.3. The van der Waals surface area contributed by atoms with Gasteiger partial charge in [0.05, 0.1) is 0 Å². The van der Waals surface area contributed by atoms with Crippen molar-refractivity contribution >= 4 is 54.6 Å². The molecule has 0 radical (unpaired) electrons. The van der Waals surface area contributed by atoms with Gasteiger partial charge in [0.2, 0.25) is 0 Å². The molecule has 0 unspecified atom stereocenters. The maximum atomic E-state index is 8.59. The maximum Gasteiger partial charge on any atom is 1.00 e. The molecule has 0 atom stereocenters. The molecular formula is CrO4Tl2. The van der Waals surface area contributed by atoms with Crippen LogP contribution in [0.5, 0.6) is 0 Å². The van der Waals surface area contributed by atoms with E-state index in [1.165, 1.54) is 0 Å². The molecule has 36 valence electrons. The van der Waals surface area contributed by atoms with Gasteiger partial charge in [-0.1, -0.05) is 0 Å². The third-order valence-electron chi connectivity index (χ3n) is 0. The fourth-order valence-electron chi connectivity index (χ4n) is 0. The molecule has 0 bridgehead atoms. The Morgan fingerprint density at radius 3 is 1.00 bits per heavy atom. The van der Waals surface area contributed by atoms with Crippen molar-refractivity contribution in [2.75, 3.05) is 0 Å². The van der Waals surface area contributed by atoms with Crippen molar-refractivity contribution in [3.63, 3.8) is 0 Å². The molecule has 0 aliphatic carbocycles. The molecule has 0 saturated carbocycles. The van der Waals surface area contributed by atoms with Crippen LogP contribution in [0.25, 0.3) is 0 Å². The Morgan fingerprint density at radius 1 is 1.00 bits per heavy atom. The Hall–Kier alpha value is 1.90. The summed E-state index contributed by atoms with van der Waals surface area (Å²) in [5.41, 5.74) is 0. The standard InChI is InChI=1S/Cr.4O.2Tl/q;;;2*-1;2*+1. The average molecular weight is 525 g/mol. The molecule has 7 heteroatoms. The minimum atomic E-state index is -5.75. The van der Waals surface area contributed by atoms with Gasteiger partial charge in [-0.25, -0.2) is 0 Å². The summed E-state index contributed by atoms with van der Waals surface area (Å²) in [6.45, 7) is 0. The molecule has 0 amide bonds. The molecule has 0 aromatic rings. The van der Waals surface area contributed by atoms with Crippen molar-refractivity contribution < 1.29 is 29.5 Å². The fourth-order valence-corrected chi connectivity index (χ4v) is 0. The van der Waals surface area contributed by atoms with Crippen molar-refractivity contribution in [1.29, 1.82) is 0 Å². The zero-order valence-corrected chi connectivity index (χ0v) is 13.4. The van der Waals surface area contributed by atoms with E-state index in [-0.39, 0.29) is 54.6 Å². The van der Waals surface area contributed by atoms with Crippen molar-refractivity contribution in [2.24, 2.45) is 0 Å². The zero-order valence-electron chi connectivity index (χ0n) is 3.20. The molecule has 0 heterocycles. The van der Waals surface area contributed by atoms with Crippen molar-refractivity contribution in [3.8, 4) is 0 Å². The van der Waals surface area contributed by atoms with E-state index in [1.807, 2.05) is 0 Å². The Balaban J connectivity index is -0.0000000800. The van der Waals surface area contributed by atoms with Crippen LogP contribution in [0.2, 0.25) is 0 Å². The van der Waals surface area contributed by atoms with Crippen molar-refractivity contribution in [3.05, 3.63) is 0 Å². The second kappa shape index (κ2) is 6.02. The van der Waals surface area contributed by atoms with Gasteiger partial charge in [0.15, 0.2) is 0 Å². The van der Waals surface area contributed by atoms with Crippen LogP contribution in [0.4, 0.5) is 0 Å². The molecule has 0 rings (SSSR count). The summed E-state index contributed by atoms with van der Waals surface area (Å²) in [4.78, 5) is 0. The molecule has 0 aromatic carbocycles. The van der Waals surface area contributed by atoms with Crippen LogP contribution >= 0.6 is 0 Å². The fraction of sp³-hybridized carbons (Fsp3) is 0. The maximum absolute atomic E-state index is 8.59. The summed E-state index contributed by atoms with van der Waals surface area (Å²) >= 11 is -5.75. The Morgan fingerprint density at radius 2 is 1.00 bits per heavy atom. The Labute approximate surface area is 83.0 Å². The second-order valence-corrected chi connectivity index (χ2v) is 1.68. The minimum Gasteiger partial charge on any atom is 1.00 e. The molecule has 0 aromatic heterocycles. The van der Waals surface area contributed by atoms with Crippen molar-refractivity contribution in [1.82, 2.24) is 0 Å². The average Bonchev–Trinajstić information content (AvgIpc) is 0.722. The monoisotopic (exact) mass is 526 g/mol. The van der Waals surface area contributed by atoms with Gasteiger partial charge >= 0.3 is 84.1 Å². The van der Waals surface area contributed by atoms with Gasteiger partial charge < -0.3 is 0 Å². The van der Waals surface area contributed by atoms with Crippen molar-refractivity contribution in [2.45, 2.75) is 0 Å². The molecule has 0 spiro atoms. The predicted octanol–water partition coefficient (Wildman–Crippen LogP) is -3.38. The zero-order chi connectivity index (χ0) is 4.50. The first-order valence-electron chi connectivity index (χ1n) is 0.667. The van der Waals surface area contributed by atoms with Gasteiger partial charge in [-0.3, -0.25) is 0 Å². The SMILES string of the molecule is [O]=[Cr](=[O])([O-])[O-].[Tl+].[Tl+]. The van der Waals surface area contributed by atoms with E-state index < -0.39 is 13.6 Å². The molecular weight excluding hydrogens is 525 g/mol. The van der Waals surface area contributed by atoms with E-state index in [0.717, 1.165) is 0 Å². The molecule has 0 aliphatic rings. The number of rotatable bonds is 0. The van der Waals surface area contributed by atoms with E-state index >= 15 is 0 Å². The molecule has 0 aliphatic heterocycles. The largest absolute Gasteiger partial charge is 1.00 e. The van der Waals surface area contributed by atoms with E-state index in [4.69, 9.17) is 15.9 Å². The van der Waals surface area contributed by atoms with Crippen LogP contribution in [0.15, 0.2) is 0 Å². The van der Waals surface area contributed by atoms with Crippen LogP contribution in [0.3, 0.4) is 0 Å². The Kier molecular flexibility index (Phi) is 13.7. The van der Waals surface area contributed by atoms with Gasteiger partial charge in [0.1, 0.15) is 0 Å². The molecule has 4 nitrogen and oxygen atoms in total. The minimum absolute atomic E-state index is 0. The summed E-state index contributed by atoms with van der Waals surface area (Å²) in [5, 5.41) is 0. The first-order chi connectivity index (χ1) is 2.00. The number of hydrogen-bond acceptors (Lipinski definition) is 4. The first-order valence-corrected chi connectivity index (χ1v) is 2.75. The summed E-state index contributed by atoms with van der Waals surface area (Å²) in [7, 11) is 0. The van der Waals surface area contributed by atoms with E-state index in [9.17, 15) is 0 Å². The van der Waals surface area contributed by atoms with E-state index in [2.05, 4.69) is 0 Å². The quantitative estimate of drug-likeness (QED) is 0.310. The first kappa shape index (κ1) is 16.0. The topological polar surface area (TPSA) is 80.3 Å². The summed E-state index contributed by atoms with van der Waals surface area (Å²) in [6.07, 6.45) is 0. The van der Waals surface area contributed by atoms with Gasteiger partial charge in [-0.2, -0.15) is 0 Å². The van der Waals surface area contributed by atoms with Crippen LogP contribution in [-0.2, 0) is 21.2 Å². The third-order valence-corrected chi connectivity index (χ3v) is 0. The Bertz CT molecular complexity index is 92.9. The molecule has 0 N–H and O–H groups in total. The van der Waals surface area contributed by atoms with Gasteiger partial charge in [-0.15, -0.1) is 0 Å². The summed E-state index contributed by atoms with van der Waals surface area (Å²) in [5.74, 6) is 0. The molecule has 0 saturated heterocycles. The van der Waals surface area contributed by atoms with Crippen LogP contribution in [0, 0.1) is 0 Å². The van der Waals surface area contributed by atoms with Gasteiger partial charge in [0.25, 0.3) is 0 Å². The predicted molar refractivity (Wildman–Crippen MR) is 12.9 cm³/mol. The van der Waals surface area contributed by atoms with E-state index in [1.54, 1.807) is 0 Å². The van der Waals surface area contributed by atoms with E-state index in [0.29, 0.717) is 0 Å². The smallest absolute Gasteiger partial charge is 1.00 e. The van der Waals surface area contributed by atoms with Crippen LogP contribution in [0.1, 0.15) is 0 Å². The molecule has 7 heavy (non-hydrogen) atoms. The molecule has 0 fully saturated rings.